The number of allylic oxidation sites excluding steroid dienone is 1. The molecule has 0 radical (unpaired) electrons. The highest BCUT2D eigenvalue weighted by atomic mass is 32.2. The Bertz CT molecular complexity index is 156. The molecule has 1 N–H and O–H groups in total. The van der Waals surface area contributed by atoms with Crippen molar-refractivity contribution in [2.24, 2.45) is 0 Å². The summed E-state index contributed by atoms with van der Waals surface area (Å²) in [5, 5.41) is 4.49. The molecule has 1 nitrogen and oxygen atoms in total. The number of rotatable bonds is 5. The Morgan fingerprint density at radius 1 is 1.46 bits per heavy atom. The molecule has 0 aromatic rings. The quantitative estimate of drug-likeness (QED) is 0.683. The molecule has 13 heavy (non-hydrogen) atoms. The fourth-order valence-corrected chi connectivity index (χ4v) is 3.01. The van der Waals surface area contributed by atoms with Gasteiger partial charge in [0.05, 0.1) is 0 Å². The molecule has 0 aromatic carbocycles. The van der Waals surface area contributed by atoms with Crippen molar-refractivity contribution in [2.75, 3.05) is 12.3 Å². The van der Waals surface area contributed by atoms with E-state index in [0.717, 1.165) is 17.8 Å². The SMILES string of the molecule is C/C=C/CNC1CCC(SCC)C1. The average Bonchev–Trinajstić information content (AvgIpc) is 2.54. The van der Waals surface area contributed by atoms with E-state index in [1.54, 1.807) is 0 Å². The zero-order chi connectivity index (χ0) is 9.52. The summed E-state index contributed by atoms with van der Waals surface area (Å²) >= 11 is 2.12. The third-order valence-electron chi connectivity index (χ3n) is 2.55. The molecule has 1 saturated carbocycles. The van der Waals surface area contributed by atoms with Crippen molar-refractivity contribution in [2.45, 2.75) is 44.4 Å². The van der Waals surface area contributed by atoms with E-state index in [1.165, 1.54) is 25.0 Å². The maximum Gasteiger partial charge on any atom is 0.0137 e. The fourth-order valence-electron chi connectivity index (χ4n) is 1.87. The molecule has 0 spiro atoms. The van der Waals surface area contributed by atoms with Crippen LogP contribution in [0.3, 0.4) is 0 Å². The lowest BCUT2D eigenvalue weighted by atomic mass is 10.2. The minimum absolute atomic E-state index is 0.778. The van der Waals surface area contributed by atoms with Crippen molar-refractivity contribution in [3.05, 3.63) is 12.2 Å². The molecule has 76 valence electrons. The predicted octanol–water partition coefficient (Wildman–Crippen LogP) is 2.83. The molecule has 2 heteroatoms. The molecule has 1 rings (SSSR count). The number of hydrogen-bond donors (Lipinski definition) is 1. The minimum atomic E-state index is 0.778. The first-order chi connectivity index (χ1) is 6.36. The van der Waals surface area contributed by atoms with Crippen LogP contribution >= 0.6 is 11.8 Å². The topological polar surface area (TPSA) is 12.0 Å². The minimum Gasteiger partial charge on any atom is -0.310 e. The van der Waals surface area contributed by atoms with Gasteiger partial charge in [0.15, 0.2) is 0 Å². The molecule has 0 bridgehead atoms. The van der Waals surface area contributed by atoms with Crippen molar-refractivity contribution in [1.29, 1.82) is 0 Å². The fraction of sp³-hybridized carbons (Fsp3) is 0.818. The van der Waals surface area contributed by atoms with Gasteiger partial charge in [0.2, 0.25) is 0 Å². The predicted molar refractivity (Wildman–Crippen MR) is 62.4 cm³/mol. The zero-order valence-corrected chi connectivity index (χ0v) is 9.57. The van der Waals surface area contributed by atoms with E-state index in [2.05, 4.69) is 43.1 Å². The van der Waals surface area contributed by atoms with Crippen molar-refractivity contribution in [3.63, 3.8) is 0 Å². The summed E-state index contributed by atoms with van der Waals surface area (Å²) in [6.45, 7) is 5.38. The average molecular weight is 199 g/mol. The summed E-state index contributed by atoms with van der Waals surface area (Å²) in [6, 6.07) is 0.778. The normalized spacial score (nSPS) is 28.8. The van der Waals surface area contributed by atoms with Gasteiger partial charge in [-0.15, -0.1) is 0 Å². The van der Waals surface area contributed by atoms with Crippen molar-refractivity contribution >= 4 is 11.8 Å². The van der Waals surface area contributed by atoms with Crippen LogP contribution in [0.2, 0.25) is 0 Å². The lowest BCUT2D eigenvalue weighted by Crippen LogP contribution is -2.26. The van der Waals surface area contributed by atoms with Crippen molar-refractivity contribution < 1.29 is 0 Å². The first-order valence-electron chi connectivity index (χ1n) is 5.33. The van der Waals surface area contributed by atoms with Gasteiger partial charge >= 0.3 is 0 Å². The number of hydrogen-bond acceptors (Lipinski definition) is 2. The standard InChI is InChI=1S/C11H21NS/c1-3-5-8-12-10-6-7-11(9-10)13-4-2/h3,5,10-12H,4,6-9H2,1-2H3/b5-3+. The Morgan fingerprint density at radius 3 is 3.00 bits per heavy atom. The first-order valence-corrected chi connectivity index (χ1v) is 6.37. The molecule has 1 aliphatic carbocycles. The van der Waals surface area contributed by atoms with Gasteiger partial charge in [0.25, 0.3) is 0 Å². The van der Waals surface area contributed by atoms with Crippen LogP contribution in [-0.2, 0) is 0 Å². The summed E-state index contributed by atoms with van der Waals surface area (Å²) in [4.78, 5) is 0. The molecule has 0 heterocycles. The van der Waals surface area contributed by atoms with Crippen molar-refractivity contribution in [3.8, 4) is 0 Å². The highest BCUT2D eigenvalue weighted by Gasteiger charge is 2.23. The lowest BCUT2D eigenvalue weighted by Gasteiger charge is -2.10. The summed E-state index contributed by atoms with van der Waals surface area (Å²) in [6.07, 6.45) is 8.46. The third kappa shape index (κ3) is 4.19. The number of thioether (sulfide) groups is 1. The summed E-state index contributed by atoms with van der Waals surface area (Å²) in [5.41, 5.74) is 0. The van der Waals surface area contributed by atoms with Gasteiger partial charge in [0.1, 0.15) is 0 Å². The second-order valence-electron chi connectivity index (χ2n) is 3.56. The Hall–Kier alpha value is 0.0500. The smallest absolute Gasteiger partial charge is 0.0137 e. The van der Waals surface area contributed by atoms with E-state index in [1.807, 2.05) is 0 Å². The van der Waals surface area contributed by atoms with Crippen LogP contribution in [0.5, 0.6) is 0 Å². The van der Waals surface area contributed by atoms with Gasteiger partial charge in [-0.3, -0.25) is 0 Å². The van der Waals surface area contributed by atoms with E-state index < -0.39 is 0 Å². The van der Waals surface area contributed by atoms with Crippen LogP contribution in [0, 0.1) is 0 Å². The second-order valence-corrected chi connectivity index (χ2v) is 5.14. The van der Waals surface area contributed by atoms with Crippen LogP contribution in [0.15, 0.2) is 12.2 Å². The van der Waals surface area contributed by atoms with Gasteiger partial charge in [-0.05, 0) is 31.9 Å². The maximum absolute atomic E-state index is 3.57. The Kier molecular flexibility index (Phi) is 5.56. The molecule has 0 amide bonds. The van der Waals surface area contributed by atoms with Crippen molar-refractivity contribution in [1.82, 2.24) is 5.32 Å². The van der Waals surface area contributed by atoms with Crippen LogP contribution < -0.4 is 5.32 Å². The second kappa shape index (κ2) is 6.50. The van der Waals surface area contributed by atoms with Crippen LogP contribution in [0.4, 0.5) is 0 Å². The summed E-state index contributed by atoms with van der Waals surface area (Å²) in [5.74, 6) is 1.27. The first kappa shape index (κ1) is 11.1. The molecule has 0 aliphatic heterocycles. The molecule has 2 atom stereocenters. The molecular weight excluding hydrogens is 178 g/mol. The van der Waals surface area contributed by atoms with Crippen LogP contribution in [0.25, 0.3) is 0 Å². The molecule has 2 unspecified atom stereocenters. The highest BCUT2D eigenvalue weighted by Crippen LogP contribution is 2.29. The van der Waals surface area contributed by atoms with Gasteiger partial charge < -0.3 is 5.32 Å². The Balaban J connectivity index is 2.10. The Labute approximate surface area is 86.4 Å². The van der Waals surface area contributed by atoms with E-state index in [4.69, 9.17) is 0 Å². The van der Waals surface area contributed by atoms with Gasteiger partial charge in [-0.1, -0.05) is 19.1 Å². The van der Waals surface area contributed by atoms with Gasteiger partial charge in [0, 0.05) is 17.8 Å². The summed E-state index contributed by atoms with van der Waals surface area (Å²) in [7, 11) is 0. The molecule has 0 saturated heterocycles. The van der Waals surface area contributed by atoms with Gasteiger partial charge in [-0.2, -0.15) is 11.8 Å². The third-order valence-corrected chi connectivity index (χ3v) is 3.78. The molecule has 0 aromatic heterocycles. The molecule has 1 fully saturated rings. The van der Waals surface area contributed by atoms with Gasteiger partial charge in [-0.25, -0.2) is 0 Å². The Morgan fingerprint density at radius 2 is 2.31 bits per heavy atom. The largest absolute Gasteiger partial charge is 0.310 e. The van der Waals surface area contributed by atoms with E-state index >= 15 is 0 Å². The molecular formula is C11H21NS. The zero-order valence-electron chi connectivity index (χ0n) is 8.75. The van der Waals surface area contributed by atoms with Crippen LogP contribution in [-0.4, -0.2) is 23.6 Å². The van der Waals surface area contributed by atoms with E-state index in [-0.39, 0.29) is 0 Å². The lowest BCUT2D eigenvalue weighted by molar-refractivity contribution is 0.557. The van der Waals surface area contributed by atoms with E-state index in [0.29, 0.717) is 0 Å². The highest BCUT2D eigenvalue weighted by molar-refractivity contribution is 7.99. The molecule has 1 aliphatic rings. The monoisotopic (exact) mass is 199 g/mol. The van der Waals surface area contributed by atoms with E-state index in [9.17, 15) is 0 Å². The van der Waals surface area contributed by atoms with Crippen LogP contribution in [0.1, 0.15) is 33.1 Å². The maximum atomic E-state index is 3.57. The number of nitrogens with one attached hydrogen (secondary N) is 1. The summed E-state index contributed by atoms with van der Waals surface area (Å²) < 4.78 is 0.